The average molecular weight is 407 g/mol. The summed E-state index contributed by atoms with van der Waals surface area (Å²) in [5.74, 6) is 0. The van der Waals surface area contributed by atoms with Gasteiger partial charge in [-0.05, 0) is 86.0 Å². The van der Waals surface area contributed by atoms with Crippen LogP contribution in [-0.2, 0) is 0 Å². The summed E-state index contributed by atoms with van der Waals surface area (Å²) in [5, 5.41) is 6.87. The van der Waals surface area contributed by atoms with Gasteiger partial charge in [-0.25, -0.2) is 0 Å². The van der Waals surface area contributed by atoms with Gasteiger partial charge >= 0.3 is 0 Å². The Balaban J connectivity index is 1.86. The summed E-state index contributed by atoms with van der Waals surface area (Å²) in [6.07, 6.45) is 5.89. The van der Waals surface area contributed by atoms with Crippen LogP contribution in [0.15, 0.2) is 35.4 Å². The van der Waals surface area contributed by atoms with Crippen molar-refractivity contribution in [3.05, 3.63) is 50.9 Å². The van der Waals surface area contributed by atoms with E-state index in [1.807, 2.05) is 6.21 Å². The smallest absolute Gasteiger partial charge is 0.0561 e. The largest absolute Gasteiger partial charge is 0.318 e. The maximum absolute atomic E-state index is 4.67. The Labute approximate surface area is 146 Å². The van der Waals surface area contributed by atoms with E-state index in [-0.39, 0.29) is 0 Å². The number of hydrogen-bond acceptors (Lipinski definition) is 2. The van der Waals surface area contributed by atoms with Crippen LogP contribution in [0.5, 0.6) is 0 Å². The van der Waals surface area contributed by atoms with E-state index >= 15 is 0 Å². The molecule has 1 aromatic carbocycles. The number of hydrogen-bond donors (Lipinski definition) is 0. The Morgan fingerprint density at radius 3 is 2.41 bits per heavy atom. The molecule has 0 aliphatic carbocycles. The molecule has 0 saturated carbocycles. The average Bonchev–Trinajstić information content (AvgIpc) is 2.82. The highest BCUT2D eigenvalue weighted by atomic mass is 127. The molecule has 1 aliphatic heterocycles. The Morgan fingerprint density at radius 1 is 1.05 bits per heavy atom. The Morgan fingerprint density at radius 2 is 1.73 bits per heavy atom. The fraction of sp³-hybridized carbons (Fsp3) is 0.389. The molecular formula is C18H22IN3. The van der Waals surface area contributed by atoms with E-state index < -0.39 is 0 Å². The van der Waals surface area contributed by atoms with E-state index in [4.69, 9.17) is 0 Å². The van der Waals surface area contributed by atoms with Gasteiger partial charge in [-0.2, -0.15) is 5.10 Å². The lowest BCUT2D eigenvalue weighted by Gasteiger charge is -2.23. The summed E-state index contributed by atoms with van der Waals surface area (Å²) >= 11 is 2.34. The Kier molecular flexibility index (Phi) is 4.86. The van der Waals surface area contributed by atoms with Crippen LogP contribution >= 0.6 is 22.6 Å². The van der Waals surface area contributed by atoms with E-state index in [1.54, 1.807) is 0 Å². The number of aromatic nitrogens is 1. The minimum absolute atomic E-state index is 1.09. The van der Waals surface area contributed by atoms with E-state index in [9.17, 15) is 0 Å². The van der Waals surface area contributed by atoms with Crippen LogP contribution in [0.1, 0.15) is 36.2 Å². The van der Waals surface area contributed by atoms with Gasteiger partial charge in [0.05, 0.1) is 6.21 Å². The fourth-order valence-corrected chi connectivity index (χ4v) is 3.40. The Bertz CT molecular complexity index is 664. The van der Waals surface area contributed by atoms with Crippen LogP contribution in [0.25, 0.3) is 5.69 Å². The lowest BCUT2D eigenvalue weighted by molar-refractivity contribution is 0.240. The SMILES string of the molecule is Cc1cc(/C=N\N2CCCCC2)c(C)n1-c1ccc(I)cc1. The van der Waals surface area contributed by atoms with Crippen LogP contribution in [-0.4, -0.2) is 28.9 Å². The normalized spacial score (nSPS) is 15.7. The highest BCUT2D eigenvalue weighted by Gasteiger charge is 2.11. The van der Waals surface area contributed by atoms with E-state index in [2.05, 4.69) is 81.4 Å². The van der Waals surface area contributed by atoms with Gasteiger partial charge in [0.1, 0.15) is 0 Å². The lowest BCUT2D eigenvalue weighted by atomic mass is 10.2. The van der Waals surface area contributed by atoms with Crippen molar-refractivity contribution in [2.24, 2.45) is 5.10 Å². The van der Waals surface area contributed by atoms with Crippen LogP contribution in [0, 0.1) is 17.4 Å². The van der Waals surface area contributed by atoms with Gasteiger partial charge < -0.3 is 4.57 Å². The molecule has 3 nitrogen and oxygen atoms in total. The van der Waals surface area contributed by atoms with Crippen molar-refractivity contribution in [1.82, 2.24) is 9.58 Å². The zero-order chi connectivity index (χ0) is 15.5. The third-order valence-corrected chi connectivity index (χ3v) is 4.97. The molecule has 0 radical (unpaired) electrons. The molecule has 4 heteroatoms. The molecule has 2 aromatic rings. The first-order chi connectivity index (χ1) is 10.6. The van der Waals surface area contributed by atoms with Crippen molar-refractivity contribution >= 4 is 28.8 Å². The molecule has 2 heterocycles. The molecule has 1 saturated heterocycles. The zero-order valence-corrected chi connectivity index (χ0v) is 15.4. The third kappa shape index (κ3) is 3.37. The lowest BCUT2D eigenvalue weighted by Crippen LogP contribution is -2.24. The zero-order valence-electron chi connectivity index (χ0n) is 13.2. The molecule has 1 aromatic heterocycles. The van der Waals surface area contributed by atoms with Gasteiger partial charge in [-0.1, -0.05) is 0 Å². The van der Waals surface area contributed by atoms with Crippen molar-refractivity contribution in [2.45, 2.75) is 33.1 Å². The van der Waals surface area contributed by atoms with Crippen molar-refractivity contribution in [2.75, 3.05) is 13.1 Å². The van der Waals surface area contributed by atoms with Crippen molar-refractivity contribution in [3.63, 3.8) is 0 Å². The van der Waals surface area contributed by atoms with Crippen molar-refractivity contribution in [1.29, 1.82) is 0 Å². The quantitative estimate of drug-likeness (QED) is 0.542. The van der Waals surface area contributed by atoms with Gasteiger partial charge in [-0.15, -0.1) is 0 Å². The fourth-order valence-electron chi connectivity index (χ4n) is 3.04. The summed E-state index contributed by atoms with van der Waals surface area (Å²) in [7, 11) is 0. The number of benzene rings is 1. The first kappa shape index (κ1) is 15.6. The van der Waals surface area contributed by atoms with Gasteiger partial charge in [0.15, 0.2) is 0 Å². The number of nitrogens with zero attached hydrogens (tertiary/aromatic N) is 3. The highest BCUT2D eigenvalue weighted by molar-refractivity contribution is 14.1. The molecule has 0 bridgehead atoms. The number of halogens is 1. The van der Waals surface area contributed by atoms with Gasteiger partial charge in [0, 0.05) is 39.3 Å². The number of aryl methyl sites for hydroxylation is 1. The third-order valence-electron chi connectivity index (χ3n) is 4.25. The topological polar surface area (TPSA) is 20.5 Å². The molecule has 116 valence electrons. The summed E-state index contributed by atoms with van der Waals surface area (Å²) in [5.41, 5.74) is 4.92. The predicted molar refractivity (Wildman–Crippen MR) is 101 cm³/mol. The maximum atomic E-state index is 4.67. The number of piperidine rings is 1. The minimum Gasteiger partial charge on any atom is -0.318 e. The van der Waals surface area contributed by atoms with Crippen molar-refractivity contribution in [3.8, 4) is 5.69 Å². The first-order valence-corrected chi connectivity index (χ1v) is 8.97. The monoisotopic (exact) mass is 407 g/mol. The molecule has 0 unspecified atom stereocenters. The number of hydrazone groups is 1. The van der Waals surface area contributed by atoms with Gasteiger partial charge in [0.2, 0.25) is 0 Å². The van der Waals surface area contributed by atoms with Crippen LogP contribution in [0.3, 0.4) is 0 Å². The van der Waals surface area contributed by atoms with Crippen LogP contribution in [0.4, 0.5) is 0 Å². The summed E-state index contributed by atoms with van der Waals surface area (Å²) < 4.78 is 3.56. The molecule has 1 fully saturated rings. The van der Waals surface area contributed by atoms with Gasteiger partial charge in [0.25, 0.3) is 0 Å². The standard InChI is InChI=1S/C18H22IN3/c1-14-12-16(13-20-21-10-4-3-5-11-21)15(2)22(14)18-8-6-17(19)7-9-18/h6-9,12-13H,3-5,10-11H2,1-2H3/b20-13-. The van der Waals surface area contributed by atoms with Crippen molar-refractivity contribution < 1.29 is 0 Å². The number of rotatable bonds is 3. The summed E-state index contributed by atoms with van der Waals surface area (Å²) in [6, 6.07) is 10.9. The molecule has 0 atom stereocenters. The molecule has 1 aliphatic rings. The second kappa shape index (κ2) is 6.86. The second-order valence-electron chi connectivity index (χ2n) is 5.90. The minimum atomic E-state index is 1.09. The molecule has 0 spiro atoms. The van der Waals surface area contributed by atoms with Gasteiger partial charge in [-0.3, -0.25) is 5.01 Å². The Hall–Kier alpha value is -1.30. The summed E-state index contributed by atoms with van der Waals surface area (Å²) in [4.78, 5) is 0. The van der Waals surface area contributed by atoms with E-state index in [0.29, 0.717) is 0 Å². The molecule has 0 amide bonds. The summed E-state index contributed by atoms with van der Waals surface area (Å²) in [6.45, 7) is 6.50. The second-order valence-corrected chi connectivity index (χ2v) is 7.14. The highest BCUT2D eigenvalue weighted by Crippen LogP contribution is 2.21. The van der Waals surface area contributed by atoms with E-state index in [1.165, 1.54) is 45.5 Å². The van der Waals surface area contributed by atoms with Crippen LogP contribution < -0.4 is 0 Å². The van der Waals surface area contributed by atoms with E-state index in [0.717, 1.165) is 13.1 Å². The first-order valence-electron chi connectivity index (χ1n) is 7.89. The molecule has 3 rings (SSSR count). The molecule has 0 N–H and O–H groups in total. The molecular weight excluding hydrogens is 385 g/mol. The maximum Gasteiger partial charge on any atom is 0.0561 e. The van der Waals surface area contributed by atoms with Crippen LogP contribution in [0.2, 0.25) is 0 Å². The predicted octanol–water partition coefficient (Wildman–Crippen LogP) is 4.52. The molecule has 22 heavy (non-hydrogen) atoms.